The lowest BCUT2D eigenvalue weighted by Crippen LogP contribution is -2.29. The van der Waals surface area contributed by atoms with Gasteiger partial charge in [-0.05, 0) is 18.9 Å². The number of nitrogens with one attached hydrogen (secondary N) is 2. The Bertz CT molecular complexity index is 374. The lowest BCUT2D eigenvalue weighted by molar-refractivity contribution is 0.0904. The molecule has 0 radical (unpaired) electrons. The van der Waals surface area contributed by atoms with Gasteiger partial charge >= 0.3 is 0 Å². The first-order valence-corrected chi connectivity index (χ1v) is 5.40. The van der Waals surface area contributed by atoms with Gasteiger partial charge in [-0.2, -0.15) is 0 Å². The molecule has 0 saturated carbocycles. The molecule has 2 heterocycles. The molecule has 16 heavy (non-hydrogen) atoms. The largest absolute Gasteiger partial charge is 0.384 e. The maximum Gasteiger partial charge on any atom is 0.126 e. The summed E-state index contributed by atoms with van der Waals surface area (Å²) in [6.07, 6.45) is 5.29. The highest BCUT2D eigenvalue weighted by molar-refractivity contribution is 5.99. The first kappa shape index (κ1) is 10.9. The van der Waals surface area contributed by atoms with Crippen molar-refractivity contribution in [2.24, 2.45) is 5.73 Å². The summed E-state index contributed by atoms with van der Waals surface area (Å²) in [6, 6.07) is 2.25. The molecule has 1 aromatic rings. The Morgan fingerprint density at radius 2 is 2.25 bits per heavy atom. The van der Waals surface area contributed by atoms with E-state index in [0.29, 0.717) is 11.6 Å². The van der Waals surface area contributed by atoms with Crippen LogP contribution >= 0.6 is 0 Å². The molecule has 0 unspecified atom stereocenters. The number of amidine groups is 1. The van der Waals surface area contributed by atoms with E-state index in [-0.39, 0.29) is 5.84 Å². The van der Waals surface area contributed by atoms with Gasteiger partial charge in [0.1, 0.15) is 5.84 Å². The van der Waals surface area contributed by atoms with Crippen molar-refractivity contribution < 1.29 is 4.74 Å². The molecule has 0 spiro atoms. The van der Waals surface area contributed by atoms with Crippen LogP contribution in [0.3, 0.4) is 0 Å². The Labute approximate surface area is 94.5 Å². The number of ether oxygens (including phenoxy) is 1. The molecule has 5 heteroatoms. The third-order valence-corrected chi connectivity index (χ3v) is 2.69. The standard InChI is InChI=1S/C11H16N4O/c12-11(13)9-7-14-4-1-10(9)15-8-2-5-16-6-3-8/h1,4,7-8H,2-3,5-6H2,(H3,12,13)(H,14,15). The van der Waals surface area contributed by atoms with Gasteiger partial charge in [-0.3, -0.25) is 10.4 Å². The summed E-state index contributed by atoms with van der Waals surface area (Å²) in [4.78, 5) is 3.97. The van der Waals surface area contributed by atoms with Crippen LogP contribution in [0.5, 0.6) is 0 Å². The van der Waals surface area contributed by atoms with Gasteiger partial charge in [0.15, 0.2) is 0 Å². The minimum absolute atomic E-state index is 0.0441. The van der Waals surface area contributed by atoms with Gasteiger partial charge in [0, 0.05) is 37.3 Å². The van der Waals surface area contributed by atoms with Crippen molar-refractivity contribution in [2.75, 3.05) is 18.5 Å². The second kappa shape index (κ2) is 4.94. The molecular weight excluding hydrogens is 204 g/mol. The maximum absolute atomic E-state index is 7.47. The number of pyridine rings is 1. The molecule has 1 aliphatic rings. The fraction of sp³-hybridized carbons (Fsp3) is 0.455. The molecule has 1 saturated heterocycles. The van der Waals surface area contributed by atoms with Crippen LogP contribution in [0.25, 0.3) is 0 Å². The lowest BCUT2D eigenvalue weighted by atomic mass is 10.1. The fourth-order valence-electron chi connectivity index (χ4n) is 1.80. The van der Waals surface area contributed by atoms with Crippen molar-refractivity contribution in [3.8, 4) is 0 Å². The molecule has 4 N–H and O–H groups in total. The number of nitrogens with zero attached hydrogens (tertiary/aromatic N) is 1. The van der Waals surface area contributed by atoms with Gasteiger partial charge in [0.05, 0.1) is 5.56 Å². The van der Waals surface area contributed by atoms with Crippen LogP contribution in [-0.4, -0.2) is 30.1 Å². The Hall–Kier alpha value is -1.62. The molecule has 2 rings (SSSR count). The van der Waals surface area contributed by atoms with Crippen molar-refractivity contribution >= 4 is 11.5 Å². The third kappa shape index (κ3) is 2.49. The Morgan fingerprint density at radius 3 is 2.94 bits per heavy atom. The maximum atomic E-state index is 7.47. The van der Waals surface area contributed by atoms with E-state index in [1.165, 1.54) is 0 Å². The molecule has 0 aliphatic carbocycles. The molecule has 86 valence electrons. The molecule has 0 amide bonds. The first-order chi connectivity index (χ1) is 7.77. The minimum atomic E-state index is 0.0441. The third-order valence-electron chi connectivity index (χ3n) is 2.69. The van der Waals surface area contributed by atoms with Crippen molar-refractivity contribution in [2.45, 2.75) is 18.9 Å². The number of aromatic nitrogens is 1. The van der Waals surface area contributed by atoms with Crippen molar-refractivity contribution in [1.82, 2.24) is 4.98 Å². The van der Waals surface area contributed by atoms with Gasteiger partial charge in [-0.25, -0.2) is 0 Å². The number of anilines is 1. The highest BCUT2D eigenvalue weighted by atomic mass is 16.5. The van der Waals surface area contributed by atoms with Gasteiger partial charge in [0.25, 0.3) is 0 Å². The SMILES string of the molecule is N=C(N)c1cnccc1NC1CCOCC1. The van der Waals surface area contributed by atoms with E-state index in [1.54, 1.807) is 12.4 Å². The van der Waals surface area contributed by atoms with Gasteiger partial charge in [0.2, 0.25) is 0 Å². The van der Waals surface area contributed by atoms with Crippen LogP contribution < -0.4 is 11.1 Å². The summed E-state index contributed by atoms with van der Waals surface area (Å²) in [5.74, 6) is 0.0441. The zero-order valence-corrected chi connectivity index (χ0v) is 9.07. The predicted octanol–water partition coefficient (Wildman–Crippen LogP) is 0.957. The molecule has 1 fully saturated rings. The summed E-state index contributed by atoms with van der Waals surface area (Å²) in [5, 5.41) is 10.9. The lowest BCUT2D eigenvalue weighted by Gasteiger charge is -2.25. The molecule has 5 nitrogen and oxygen atoms in total. The van der Waals surface area contributed by atoms with E-state index in [2.05, 4.69) is 10.3 Å². The molecule has 1 aliphatic heterocycles. The summed E-state index contributed by atoms with van der Waals surface area (Å²) in [5.41, 5.74) is 7.04. The van der Waals surface area contributed by atoms with Crippen LogP contribution in [0, 0.1) is 5.41 Å². The molecule has 0 bridgehead atoms. The number of hydrogen-bond donors (Lipinski definition) is 3. The summed E-state index contributed by atoms with van der Waals surface area (Å²) in [6.45, 7) is 1.58. The number of rotatable bonds is 3. The summed E-state index contributed by atoms with van der Waals surface area (Å²) in [7, 11) is 0. The van der Waals surface area contributed by atoms with Gasteiger partial charge < -0.3 is 15.8 Å². The van der Waals surface area contributed by atoms with Crippen LogP contribution in [-0.2, 0) is 4.74 Å². The molecule has 0 aromatic carbocycles. The average molecular weight is 220 g/mol. The van der Waals surface area contributed by atoms with E-state index in [9.17, 15) is 0 Å². The van der Waals surface area contributed by atoms with Crippen LogP contribution in [0.15, 0.2) is 18.5 Å². The predicted molar refractivity (Wildman–Crippen MR) is 62.7 cm³/mol. The van der Waals surface area contributed by atoms with Crippen LogP contribution in [0.1, 0.15) is 18.4 Å². The topological polar surface area (TPSA) is 84.0 Å². The van der Waals surface area contributed by atoms with Crippen molar-refractivity contribution in [3.05, 3.63) is 24.0 Å². The van der Waals surface area contributed by atoms with E-state index < -0.39 is 0 Å². The Balaban J connectivity index is 2.10. The zero-order valence-electron chi connectivity index (χ0n) is 9.07. The van der Waals surface area contributed by atoms with E-state index in [4.69, 9.17) is 15.9 Å². The highest BCUT2D eigenvalue weighted by Crippen LogP contribution is 2.18. The fourth-order valence-corrected chi connectivity index (χ4v) is 1.80. The van der Waals surface area contributed by atoms with Crippen molar-refractivity contribution in [3.63, 3.8) is 0 Å². The van der Waals surface area contributed by atoms with Crippen LogP contribution in [0.4, 0.5) is 5.69 Å². The Kier molecular flexibility index (Phi) is 3.36. The molecular formula is C11H16N4O. The second-order valence-corrected chi connectivity index (χ2v) is 3.87. The number of nitrogen functional groups attached to an aromatic ring is 1. The van der Waals surface area contributed by atoms with Crippen molar-refractivity contribution in [1.29, 1.82) is 5.41 Å². The van der Waals surface area contributed by atoms with Gasteiger partial charge in [-0.15, -0.1) is 0 Å². The minimum Gasteiger partial charge on any atom is -0.384 e. The highest BCUT2D eigenvalue weighted by Gasteiger charge is 2.15. The Morgan fingerprint density at radius 1 is 1.50 bits per heavy atom. The average Bonchev–Trinajstić information content (AvgIpc) is 2.31. The number of nitrogens with two attached hydrogens (primary N) is 1. The van der Waals surface area contributed by atoms with E-state index in [0.717, 1.165) is 31.7 Å². The summed E-state index contributed by atoms with van der Waals surface area (Å²) >= 11 is 0. The smallest absolute Gasteiger partial charge is 0.126 e. The zero-order chi connectivity index (χ0) is 11.4. The molecule has 1 aromatic heterocycles. The normalized spacial score (nSPS) is 17.0. The monoisotopic (exact) mass is 220 g/mol. The quantitative estimate of drug-likeness (QED) is 0.523. The van der Waals surface area contributed by atoms with E-state index in [1.807, 2.05) is 6.07 Å². The summed E-state index contributed by atoms with van der Waals surface area (Å²) < 4.78 is 5.30. The van der Waals surface area contributed by atoms with Crippen LogP contribution in [0.2, 0.25) is 0 Å². The number of hydrogen-bond acceptors (Lipinski definition) is 4. The molecule has 0 atom stereocenters. The van der Waals surface area contributed by atoms with E-state index >= 15 is 0 Å². The second-order valence-electron chi connectivity index (χ2n) is 3.87. The van der Waals surface area contributed by atoms with Gasteiger partial charge in [-0.1, -0.05) is 0 Å². The first-order valence-electron chi connectivity index (χ1n) is 5.40.